The van der Waals surface area contributed by atoms with Gasteiger partial charge in [0.25, 0.3) is 0 Å². The van der Waals surface area contributed by atoms with Crippen molar-refractivity contribution < 1.29 is 9.84 Å². The van der Waals surface area contributed by atoms with E-state index in [1.807, 2.05) is 23.9 Å². The molecule has 1 aromatic heterocycles. The highest BCUT2D eigenvalue weighted by atomic mass is 16.5. The van der Waals surface area contributed by atoms with Crippen LogP contribution in [0.1, 0.15) is 83.7 Å². The van der Waals surface area contributed by atoms with E-state index in [1.54, 1.807) is 0 Å². The molecule has 1 heterocycles. The average Bonchev–Trinajstić information content (AvgIpc) is 3.39. The first-order chi connectivity index (χ1) is 15.5. The molecule has 0 bridgehead atoms. The first-order valence-electron chi connectivity index (χ1n) is 13.2. The second-order valence-electron chi connectivity index (χ2n) is 11.7. The average molecular weight is 440 g/mol. The zero-order valence-corrected chi connectivity index (χ0v) is 20.0. The van der Waals surface area contributed by atoms with Gasteiger partial charge in [-0.2, -0.15) is 10.4 Å². The fourth-order valence-electron chi connectivity index (χ4n) is 8.80. The molecule has 0 aromatic carbocycles. The van der Waals surface area contributed by atoms with Crippen molar-refractivity contribution >= 4 is 0 Å². The van der Waals surface area contributed by atoms with Crippen molar-refractivity contribution in [2.75, 3.05) is 13.2 Å². The third-order valence-corrected chi connectivity index (χ3v) is 10.3. The zero-order valence-electron chi connectivity index (χ0n) is 20.0. The maximum atomic E-state index is 11.1. The summed E-state index contributed by atoms with van der Waals surface area (Å²) in [6, 6.07) is 3.96. The molecule has 5 nitrogen and oxygen atoms in total. The number of nitrogens with zero attached hydrogens (tertiary/aromatic N) is 3. The summed E-state index contributed by atoms with van der Waals surface area (Å²) in [6.45, 7) is 6.78. The molecule has 4 saturated carbocycles. The molecule has 0 unspecified atom stereocenters. The Labute approximate surface area is 193 Å². The Morgan fingerprint density at radius 1 is 1.16 bits per heavy atom. The van der Waals surface area contributed by atoms with Crippen LogP contribution in [0.2, 0.25) is 0 Å². The highest BCUT2D eigenvalue weighted by molar-refractivity contribution is 5.16. The normalized spacial score (nSPS) is 43.2. The number of fused-ring (bicyclic) bond motifs is 5. The number of hydrogen-bond acceptors (Lipinski definition) is 4. The van der Waals surface area contributed by atoms with Crippen molar-refractivity contribution in [2.24, 2.45) is 40.9 Å². The Morgan fingerprint density at radius 2 is 2.00 bits per heavy atom. The molecule has 4 aliphatic carbocycles. The van der Waals surface area contributed by atoms with E-state index in [-0.39, 0.29) is 0 Å². The summed E-state index contributed by atoms with van der Waals surface area (Å²) in [4.78, 5) is 0. The first-order valence-corrected chi connectivity index (χ1v) is 13.2. The number of aromatic nitrogens is 2. The van der Waals surface area contributed by atoms with E-state index in [2.05, 4.69) is 18.1 Å². The molecule has 0 saturated heterocycles. The zero-order chi connectivity index (χ0) is 22.3. The third-order valence-electron chi connectivity index (χ3n) is 10.3. The molecule has 32 heavy (non-hydrogen) atoms. The number of nitriles is 1. The Bertz CT molecular complexity index is 846. The molecule has 0 amide bonds. The summed E-state index contributed by atoms with van der Waals surface area (Å²) in [5.74, 6) is 4.96. The molecule has 0 spiro atoms. The number of aryl methyl sites for hydroxylation is 1. The topological polar surface area (TPSA) is 71.1 Å². The molecular weight excluding hydrogens is 398 g/mol. The standard InChI is InChI=1S/C27H41N3O2/c1-3-32-18-27(31)13-9-22-19(16-27)4-6-24-23(22)8-12-26(2)20(5-7-25(24)26)10-14-30-15-11-21(17-28)29-30/h11,15,19-20,22-25,31H,3-10,12-14,16,18H2,1-2H3/t19-,20-,22+,23-,24-,25+,26-,27-/m1/s1. The minimum atomic E-state index is -0.580. The SMILES string of the molecule is CCOC[C@@]1(O)CC[C@H]2[C@H](CC[C@@H]3[C@@H]2CC[C@]2(C)[C@@H](CCn4ccc(C#N)n4)CC[C@@H]32)C1. The number of hydrogen-bond donors (Lipinski definition) is 1. The van der Waals surface area contributed by atoms with Gasteiger partial charge in [-0.15, -0.1) is 0 Å². The van der Waals surface area contributed by atoms with Gasteiger partial charge in [-0.3, -0.25) is 4.68 Å². The van der Waals surface area contributed by atoms with E-state index < -0.39 is 5.60 Å². The van der Waals surface area contributed by atoms with Crippen LogP contribution in [-0.2, 0) is 11.3 Å². The van der Waals surface area contributed by atoms with Crippen LogP contribution in [-0.4, -0.2) is 33.7 Å². The van der Waals surface area contributed by atoms with E-state index in [0.717, 1.165) is 49.0 Å². The van der Waals surface area contributed by atoms with E-state index in [4.69, 9.17) is 10.00 Å². The number of aliphatic hydroxyl groups is 1. The molecule has 5 heteroatoms. The lowest BCUT2D eigenvalue weighted by Gasteiger charge is -2.57. The van der Waals surface area contributed by atoms with Crippen molar-refractivity contribution in [3.05, 3.63) is 18.0 Å². The smallest absolute Gasteiger partial charge is 0.162 e. The van der Waals surface area contributed by atoms with Crippen molar-refractivity contribution in [1.82, 2.24) is 9.78 Å². The highest BCUT2D eigenvalue weighted by Crippen LogP contribution is 2.65. The van der Waals surface area contributed by atoms with Crippen LogP contribution >= 0.6 is 0 Å². The van der Waals surface area contributed by atoms with Crippen molar-refractivity contribution in [3.63, 3.8) is 0 Å². The van der Waals surface area contributed by atoms with Gasteiger partial charge in [0.15, 0.2) is 5.69 Å². The van der Waals surface area contributed by atoms with E-state index in [9.17, 15) is 5.11 Å². The van der Waals surface area contributed by atoms with Gasteiger partial charge in [-0.1, -0.05) is 6.92 Å². The Balaban J connectivity index is 1.23. The maximum Gasteiger partial charge on any atom is 0.162 e. The molecule has 4 fully saturated rings. The number of ether oxygens (including phenoxy) is 1. The van der Waals surface area contributed by atoms with E-state index in [0.29, 0.717) is 30.2 Å². The molecule has 4 aliphatic rings. The lowest BCUT2D eigenvalue weighted by molar-refractivity contribution is -0.128. The molecular formula is C27H41N3O2. The van der Waals surface area contributed by atoms with Gasteiger partial charge < -0.3 is 9.84 Å². The lowest BCUT2D eigenvalue weighted by Crippen LogP contribution is -2.52. The second kappa shape index (κ2) is 8.76. The molecule has 1 aromatic rings. The van der Waals surface area contributed by atoms with Crippen molar-refractivity contribution in [1.29, 1.82) is 5.26 Å². The maximum absolute atomic E-state index is 11.1. The summed E-state index contributed by atoms with van der Waals surface area (Å²) in [5, 5.41) is 24.5. The molecule has 8 atom stereocenters. The van der Waals surface area contributed by atoms with Gasteiger partial charge in [0.05, 0.1) is 12.2 Å². The Hall–Kier alpha value is -1.38. The van der Waals surface area contributed by atoms with Gasteiger partial charge >= 0.3 is 0 Å². The van der Waals surface area contributed by atoms with Gasteiger partial charge in [-0.05, 0) is 118 Å². The summed E-state index contributed by atoms with van der Waals surface area (Å²) >= 11 is 0. The van der Waals surface area contributed by atoms with Crippen molar-refractivity contribution in [2.45, 2.75) is 90.2 Å². The summed E-state index contributed by atoms with van der Waals surface area (Å²) in [7, 11) is 0. The Kier molecular flexibility index (Phi) is 6.14. The Morgan fingerprint density at radius 3 is 2.78 bits per heavy atom. The van der Waals surface area contributed by atoms with Gasteiger partial charge in [0, 0.05) is 19.3 Å². The van der Waals surface area contributed by atoms with E-state index >= 15 is 0 Å². The van der Waals surface area contributed by atoms with Crippen molar-refractivity contribution in [3.8, 4) is 6.07 Å². The summed E-state index contributed by atoms with van der Waals surface area (Å²) in [5.41, 5.74) is 0.422. The van der Waals surface area contributed by atoms with Gasteiger partial charge in [0.1, 0.15) is 6.07 Å². The fraction of sp³-hybridized carbons (Fsp3) is 0.852. The van der Waals surface area contributed by atoms with Crippen LogP contribution in [0.3, 0.4) is 0 Å². The van der Waals surface area contributed by atoms with Crippen LogP contribution in [0.5, 0.6) is 0 Å². The minimum absolute atomic E-state index is 0.476. The first kappa shape index (κ1) is 22.4. The van der Waals surface area contributed by atoms with Crippen LogP contribution in [0.15, 0.2) is 12.3 Å². The molecule has 176 valence electrons. The summed E-state index contributed by atoms with van der Waals surface area (Å²) in [6.07, 6.45) is 14.4. The summed E-state index contributed by atoms with van der Waals surface area (Å²) < 4.78 is 7.60. The fourth-order valence-corrected chi connectivity index (χ4v) is 8.80. The monoisotopic (exact) mass is 439 g/mol. The molecule has 1 N–H and O–H groups in total. The second-order valence-corrected chi connectivity index (χ2v) is 11.7. The minimum Gasteiger partial charge on any atom is -0.387 e. The molecule has 0 aliphatic heterocycles. The van der Waals surface area contributed by atoms with Crippen LogP contribution in [0.25, 0.3) is 0 Å². The molecule has 0 radical (unpaired) electrons. The lowest BCUT2D eigenvalue weighted by atomic mass is 9.49. The predicted molar refractivity (Wildman–Crippen MR) is 124 cm³/mol. The number of rotatable bonds is 6. The van der Waals surface area contributed by atoms with Gasteiger partial charge in [-0.25, -0.2) is 0 Å². The van der Waals surface area contributed by atoms with Gasteiger partial charge in [0.2, 0.25) is 0 Å². The predicted octanol–water partition coefficient (Wildman–Crippen LogP) is 5.18. The van der Waals surface area contributed by atoms with Crippen LogP contribution < -0.4 is 0 Å². The highest BCUT2D eigenvalue weighted by Gasteiger charge is 2.57. The van der Waals surface area contributed by atoms with E-state index in [1.165, 1.54) is 51.4 Å². The largest absolute Gasteiger partial charge is 0.387 e. The quantitative estimate of drug-likeness (QED) is 0.663. The van der Waals surface area contributed by atoms with Crippen LogP contribution in [0.4, 0.5) is 0 Å². The third kappa shape index (κ3) is 3.92. The van der Waals surface area contributed by atoms with Crippen LogP contribution in [0, 0.1) is 52.3 Å². The molecule has 5 rings (SSSR count).